The van der Waals surface area contributed by atoms with Gasteiger partial charge in [0.25, 0.3) is 0 Å². The lowest BCUT2D eigenvalue weighted by molar-refractivity contribution is 0.523. The van der Waals surface area contributed by atoms with Crippen LogP contribution in [0, 0.1) is 15.2 Å². The summed E-state index contributed by atoms with van der Waals surface area (Å²) in [6, 6.07) is 11.5. The second kappa shape index (κ2) is 7.84. The van der Waals surface area contributed by atoms with Crippen LogP contribution in [0.5, 0.6) is 0 Å². The van der Waals surface area contributed by atoms with E-state index in [9.17, 15) is 8.78 Å². The van der Waals surface area contributed by atoms with Crippen molar-refractivity contribution in [1.29, 1.82) is 0 Å². The number of rotatable bonds is 6. The van der Waals surface area contributed by atoms with Crippen molar-refractivity contribution in [2.75, 3.05) is 6.54 Å². The number of nitrogens with one attached hydrogen (secondary N) is 1. The van der Waals surface area contributed by atoms with E-state index in [1.807, 2.05) is 12.1 Å². The summed E-state index contributed by atoms with van der Waals surface area (Å²) in [7, 11) is 0. The van der Waals surface area contributed by atoms with Gasteiger partial charge in [0.2, 0.25) is 0 Å². The zero-order valence-corrected chi connectivity index (χ0v) is 14.0. The first-order valence-electron chi connectivity index (χ1n) is 7.03. The van der Waals surface area contributed by atoms with E-state index in [-0.39, 0.29) is 17.7 Å². The van der Waals surface area contributed by atoms with E-state index < -0.39 is 0 Å². The third-order valence-electron chi connectivity index (χ3n) is 3.31. The summed E-state index contributed by atoms with van der Waals surface area (Å²) in [5.41, 5.74) is 1.98. The second-order valence-electron chi connectivity index (χ2n) is 5.01. The molecule has 1 atom stereocenters. The van der Waals surface area contributed by atoms with Crippen molar-refractivity contribution in [2.45, 2.75) is 25.8 Å². The maximum absolute atomic E-state index is 13.3. The maximum Gasteiger partial charge on any atom is 0.124 e. The Hall–Kier alpha value is -1.01. The molecule has 0 fully saturated rings. The van der Waals surface area contributed by atoms with E-state index in [0.29, 0.717) is 6.42 Å². The van der Waals surface area contributed by atoms with Gasteiger partial charge in [0.15, 0.2) is 0 Å². The summed E-state index contributed by atoms with van der Waals surface area (Å²) >= 11 is 2.15. The Morgan fingerprint density at radius 2 is 1.86 bits per heavy atom. The maximum atomic E-state index is 13.3. The standard InChI is InChI=1S/C17H18F2IN/c1-2-8-21-17(10-12-4-3-5-13(18)9-12)15-7-6-14(19)11-16(15)20/h3-7,9,11,17,21H,2,8,10H2,1H3. The Labute approximate surface area is 137 Å². The van der Waals surface area contributed by atoms with Crippen molar-refractivity contribution in [2.24, 2.45) is 0 Å². The van der Waals surface area contributed by atoms with Crippen LogP contribution in [0.2, 0.25) is 0 Å². The van der Waals surface area contributed by atoms with E-state index in [4.69, 9.17) is 0 Å². The largest absolute Gasteiger partial charge is 0.310 e. The molecule has 0 aromatic heterocycles. The molecule has 0 aliphatic rings. The molecule has 1 nitrogen and oxygen atoms in total. The Bertz CT molecular complexity index is 601. The summed E-state index contributed by atoms with van der Waals surface area (Å²) in [5.74, 6) is -0.460. The Morgan fingerprint density at radius 3 is 2.52 bits per heavy atom. The Morgan fingerprint density at radius 1 is 1.10 bits per heavy atom. The molecular weight excluding hydrogens is 383 g/mol. The summed E-state index contributed by atoms with van der Waals surface area (Å²) in [6.07, 6.45) is 1.69. The van der Waals surface area contributed by atoms with Crippen LogP contribution in [0.25, 0.3) is 0 Å². The topological polar surface area (TPSA) is 12.0 Å². The average Bonchev–Trinajstić information content (AvgIpc) is 2.44. The van der Waals surface area contributed by atoms with Crippen LogP contribution in [0.4, 0.5) is 8.78 Å². The molecular formula is C17H18F2IN. The third kappa shape index (κ3) is 4.74. The molecule has 21 heavy (non-hydrogen) atoms. The minimum absolute atomic E-state index is 0.0549. The molecule has 0 bridgehead atoms. The minimum Gasteiger partial charge on any atom is -0.310 e. The number of hydrogen-bond donors (Lipinski definition) is 1. The van der Waals surface area contributed by atoms with Crippen molar-refractivity contribution < 1.29 is 8.78 Å². The monoisotopic (exact) mass is 401 g/mol. The smallest absolute Gasteiger partial charge is 0.124 e. The van der Waals surface area contributed by atoms with E-state index in [1.54, 1.807) is 12.1 Å². The minimum atomic E-state index is -0.233. The molecule has 0 saturated heterocycles. The van der Waals surface area contributed by atoms with Crippen molar-refractivity contribution in [1.82, 2.24) is 5.32 Å². The number of hydrogen-bond acceptors (Lipinski definition) is 1. The highest BCUT2D eigenvalue weighted by molar-refractivity contribution is 14.1. The second-order valence-corrected chi connectivity index (χ2v) is 6.17. The molecule has 2 rings (SSSR count). The van der Waals surface area contributed by atoms with Crippen molar-refractivity contribution >= 4 is 22.6 Å². The van der Waals surface area contributed by atoms with Gasteiger partial charge in [0, 0.05) is 9.61 Å². The average molecular weight is 401 g/mol. The van der Waals surface area contributed by atoms with Gasteiger partial charge in [-0.3, -0.25) is 0 Å². The van der Waals surface area contributed by atoms with Crippen LogP contribution in [-0.4, -0.2) is 6.54 Å². The van der Waals surface area contributed by atoms with E-state index in [0.717, 1.165) is 27.7 Å². The van der Waals surface area contributed by atoms with Gasteiger partial charge in [-0.05, 0) is 77.4 Å². The summed E-state index contributed by atoms with van der Waals surface area (Å²) in [5, 5.41) is 3.46. The highest BCUT2D eigenvalue weighted by Gasteiger charge is 2.15. The van der Waals surface area contributed by atoms with Crippen molar-refractivity contribution in [3.05, 3.63) is 68.8 Å². The SMILES string of the molecule is CCCNC(Cc1cccc(F)c1)c1ccc(F)cc1I. The Balaban J connectivity index is 2.25. The highest BCUT2D eigenvalue weighted by atomic mass is 127. The van der Waals surface area contributed by atoms with Gasteiger partial charge in [-0.15, -0.1) is 0 Å². The molecule has 0 spiro atoms. The lowest BCUT2D eigenvalue weighted by Crippen LogP contribution is -2.25. The van der Waals surface area contributed by atoms with Crippen molar-refractivity contribution in [3.63, 3.8) is 0 Å². The molecule has 0 radical (unpaired) electrons. The normalized spacial score (nSPS) is 12.4. The van der Waals surface area contributed by atoms with E-state index in [1.165, 1.54) is 18.2 Å². The molecule has 112 valence electrons. The van der Waals surface area contributed by atoms with Crippen LogP contribution >= 0.6 is 22.6 Å². The highest BCUT2D eigenvalue weighted by Crippen LogP contribution is 2.24. The molecule has 0 amide bonds. The summed E-state index contributed by atoms with van der Waals surface area (Å²) in [6.45, 7) is 2.97. The summed E-state index contributed by atoms with van der Waals surface area (Å²) < 4.78 is 27.5. The fourth-order valence-electron chi connectivity index (χ4n) is 2.29. The van der Waals surface area contributed by atoms with E-state index in [2.05, 4.69) is 34.8 Å². The van der Waals surface area contributed by atoms with Crippen molar-refractivity contribution in [3.8, 4) is 0 Å². The molecule has 2 aromatic rings. The molecule has 2 aromatic carbocycles. The molecule has 0 saturated carbocycles. The Kier molecular flexibility index (Phi) is 6.11. The van der Waals surface area contributed by atoms with Gasteiger partial charge in [0.1, 0.15) is 11.6 Å². The predicted molar refractivity (Wildman–Crippen MR) is 90.3 cm³/mol. The first kappa shape index (κ1) is 16.4. The number of benzene rings is 2. The van der Waals surface area contributed by atoms with Crippen LogP contribution < -0.4 is 5.32 Å². The zero-order valence-electron chi connectivity index (χ0n) is 11.9. The lowest BCUT2D eigenvalue weighted by Gasteiger charge is -2.20. The van der Waals surface area contributed by atoms with Gasteiger partial charge in [0.05, 0.1) is 0 Å². The van der Waals surface area contributed by atoms with Crippen LogP contribution in [0.15, 0.2) is 42.5 Å². The molecule has 0 aliphatic heterocycles. The van der Waals surface area contributed by atoms with Gasteiger partial charge < -0.3 is 5.32 Å². The number of halogens is 3. The first-order chi connectivity index (χ1) is 10.1. The van der Waals surface area contributed by atoms with Gasteiger partial charge >= 0.3 is 0 Å². The quantitative estimate of drug-likeness (QED) is 0.683. The molecule has 1 N–H and O–H groups in total. The molecule has 0 heterocycles. The third-order valence-corrected chi connectivity index (χ3v) is 4.24. The predicted octanol–water partition coefficient (Wildman–Crippen LogP) is 4.85. The van der Waals surface area contributed by atoms with Crippen LogP contribution in [0.3, 0.4) is 0 Å². The fourth-order valence-corrected chi connectivity index (χ4v) is 3.15. The molecule has 1 unspecified atom stereocenters. The van der Waals surface area contributed by atoms with Gasteiger partial charge in [-0.25, -0.2) is 8.78 Å². The van der Waals surface area contributed by atoms with Gasteiger partial charge in [-0.2, -0.15) is 0 Å². The first-order valence-corrected chi connectivity index (χ1v) is 8.10. The van der Waals surface area contributed by atoms with Gasteiger partial charge in [-0.1, -0.05) is 25.1 Å². The van der Waals surface area contributed by atoms with Crippen LogP contribution in [0.1, 0.15) is 30.5 Å². The molecule has 4 heteroatoms. The zero-order chi connectivity index (χ0) is 15.2. The summed E-state index contributed by atoms with van der Waals surface area (Å²) in [4.78, 5) is 0. The van der Waals surface area contributed by atoms with Crippen LogP contribution in [-0.2, 0) is 6.42 Å². The molecule has 0 aliphatic carbocycles. The van der Waals surface area contributed by atoms with E-state index >= 15 is 0 Å². The lowest BCUT2D eigenvalue weighted by atomic mass is 9.98. The fraction of sp³-hybridized carbons (Fsp3) is 0.294.